The number of pyridine rings is 1. The fourth-order valence-electron chi connectivity index (χ4n) is 5.46. The van der Waals surface area contributed by atoms with Crippen molar-refractivity contribution in [2.75, 3.05) is 67.8 Å². The van der Waals surface area contributed by atoms with Crippen LogP contribution in [0.25, 0.3) is 0 Å². The van der Waals surface area contributed by atoms with Crippen LogP contribution in [0.3, 0.4) is 0 Å². The number of nitrogens with zero attached hydrogens (tertiary/aromatic N) is 6. The van der Waals surface area contributed by atoms with Gasteiger partial charge in [0.1, 0.15) is 12.5 Å². The van der Waals surface area contributed by atoms with E-state index < -0.39 is 0 Å². The molecule has 1 aromatic heterocycles. The molecule has 0 spiro atoms. The van der Waals surface area contributed by atoms with E-state index in [-0.39, 0.29) is 0 Å². The van der Waals surface area contributed by atoms with Crippen LogP contribution in [0, 0.1) is 0 Å². The number of likely N-dealkylation sites (N-methyl/N-ethyl adjacent to an activating group) is 1. The van der Waals surface area contributed by atoms with Gasteiger partial charge in [-0.25, -0.2) is 4.98 Å². The molecule has 33 heavy (non-hydrogen) atoms. The molecule has 0 radical (unpaired) electrons. The highest BCUT2D eigenvalue weighted by atomic mass is 16.5. The second-order valence-electron chi connectivity index (χ2n) is 9.45. The lowest BCUT2D eigenvalue weighted by molar-refractivity contribution is 0.122. The Labute approximate surface area is 196 Å². The van der Waals surface area contributed by atoms with Crippen molar-refractivity contribution in [2.45, 2.75) is 24.9 Å². The standard InChI is InChI=1S/C26H32N6O/c1-29-23-7-8-24(29)18-32(17-23)22-5-3-21(4-6-22)31-11-10-25(28-19-31)20-2-9-26(27-16-20)30-12-14-33-15-13-30/h2-6,9-11,16,23-24H,7-8,12-15,17-19H2,1H3. The fourth-order valence-corrected chi connectivity index (χ4v) is 5.46. The summed E-state index contributed by atoms with van der Waals surface area (Å²) >= 11 is 0. The quantitative estimate of drug-likeness (QED) is 0.723. The molecule has 2 unspecified atom stereocenters. The summed E-state index contributed by atoms with van der Waals surface area (Å²) in [6.07, 6.45) is 8.81. The number of fused-ring (bicyclic) bond motifs is 2. The molecule has 2 atom stereocenters. The number of piperazine rings is 1. The van der Waals surface area contributed by atoms with E-state index in [9.17, 15) is 0 Å². The van der Waals surface area contributed by atoms with Gasteiger partial charge in [0.05, 0.1) is 18.9 Å². The summed E-state index contributed by atoms with van der Waals surface area (Å²) in [7, 11) is 2.29. The van der Waals surface area contributed by atoms with Gasteiger partial charge in [0.15, 0.2) is 0 Å². The lowest BCUT2D eigenvalue weighted by atomic mass is 10.1. The van der Waals surface area contributed by atoms with Gasteiger partial charge in [-0.15, -0.1) is 0 Å². The molecule has 172 valence electrons. The van der Waals surface area contributed by atoms with E-state index >= 15 is 0 Å². The SMILES string of the molecule is CN1C2CCC1CN(c1ccc(N3C=CC(c4ccc(N5CCOCC5)nc4)=NC3)cc1)C2. The number of aliphatic imine (C=N–C) groups is 1. The van der Waals surface area contributed by atoms with Crippen LogP contribution in [-0.4, -0.2) is 80.8 Å². The fraction of sp³-hybridized carbons (Fsp3) is 0.462. The monoisotopic (exact) mass is 444 g/mol. The van der Waals surface area contributed by atoms with Crippen LogP contribution in [0.15, 0.2) is 59.9 Å². The third-order valence-electron chi connectivity index (χ3n) is 7.58. The van der Waals surface area contributed by atoms with Crippen LogP contribution in [-0.2, 0) is 4.74 Å². The third-order valence-corrected chi connectivity index (χ3v) is 7.58. The van der Waals surface area contributed by atoms with E-state index in [0.717, 1.165) is 56.5 Å². The zero-order valence-electron chi connectivity index (χ0n) is 19.3. The average molecular weight is 445 g/mol. The molecule has 2 bridgehead atoms. The van der Waals surface area contributed by atoms with Crippen molar-refractivity contribution in [3.05, 3.63) is 60.4 Å². The third kappa shape index (κ3) is 4.11. The molecule has 7 nitrogen and oxygen atoms in total. The lowest BCUT2D eigenvalue weighted by Gasteiger charge is -2.40. The Kier molecular flexibility index (Phi) is 5.52. The summed E-state index contributed by atoms with van der Waals surface area (Å²) in [6.45, 7) is 6.24. The number of morpholine rings is 1. The first-order valence-corrected chi connectivity index (χ1v) is 12.1. The Hall–Kier alpha value is -2.90. The first-order valence-electron chi connectivity index (χ1n) is 12.1. The van der Waals surface area contributed by atoms with Crippen LogP contribution in [0.4, 0.5) is 17.2 Å². The van der Waals surface area contributed by atoms with Crippen LogP contribution >= 0.6 is 0 Å². The molecule has 4 aliphatic heterocycles. The highest BCUT2D eigenvalue weighted by Crippen LogP contribution is 2.32. The zero-order valence-corrected chi connectivity index (χ0v) is 19.3. The minimum absolute atomic E-state index is 0.620. The highest BCUT2D eigenvalue weighted by Gasteiger charge is 2.37. The van der Waals surface area contributed by atoms with E-state index in [4.69, 9.17) is 9.73 Å². The van der Waals surface area contributed by atoms with E-state index in [0.29, 0.717) is 18.8 Å². The maximum atomic E-state index is 5.43. The predicted octanol–water partition coefficient (Wildman–Crippen LogP) is 2.98. The van der Waals surface area contributed by atoms with Crippen molar-refractivity contribution in [3.8, 4) is 0 Å². The van der Waals surface area contributed by atoms with Crippen molar-refractivity contribution in [1.29, 1.82) is 0 Å². The molecule has 0 N–H and O–H groups in total. The van der Waals surface area contributed by atoms with Gasteiger partial charge in [-0.2, -0.15) is 0 Å². The topological polar surface area (TPSA) is 47.4 Å². The maximum absolute atomic E-state index is 5.43. The van der Waals surface area contributed by atoms with Crippen molar-refractivity contribution in [3.63, 3.8) is 0 Å². The second kappa shape index (κ2) is 8.80. The van der Waals surface area contributed by atoms with Crippen molar-refractivity contribution in [2.24, 2.45) is 4.99 Å². The maximum Gasteiger partial charge on any atom is 0.128 e. The minimum atomic E-state index is 0.620. The molecular weight excluding hydrogens is 412 g/mol. The van der Waals surface area contributed by atoms with Crippen LogP contribution in [0.5, 0.6) is 0 Å². The number of allylic oxidation sites excluding steroid dienone is 1. The Morgan fingerprint density at radius 1 is 0.879 bits per heavy atom. The van der Waals surface area contributed by atoms with Gasteiger partial charge in [0.2, 0.25) is 0 Å². The molecule has 4 aliphatic rings. The number of benzene rings is 1. The van der Waals surface area contributed by atoms with Crippen molar-refractivity contribution < 1.29 is 4.74 Å². The number of hydrogen-bond acceptors (Lipinski definition) is 7. The number of hydrogen-bond donors (Lipinski definition) is 0. The Balaban J connectivity index is 1.09. The average Bonchev–Trinajstić information content (AvgIpc) is 3.08. The first-order chi connectivity index (χ1) is 16.2. The molecule has 1 aromatic carbocycles. The van der Waals surface area contributed by atoms with Crippen LogP contribution in [0.1, 0.15) is 18.4 Å². The largest absolute Gasteiger partial charge is 0.378 e. The van der Waals surface area contributed by atoms with Gasteiger partial charge >= 0.3 is 0 Å². The first kappa shape index (κ1) is 20.7. The summed E-state index contributed by atoms with van der Waals surface area (Å²) < 4.78 is 5.43. The predicted molar refractivity (Wildman–Crippen MR) is 134 cm³/mol. The number of anilines is 3. The van der Waals surface area contributed by atoms with Gasteiger partial charge in [-0.1, -0.05) is 0 Å². The minimum Gasteiger partial charge on any atom is -0.378 e. The molecule has 0 amide bonds. The molecule has 2 aromatic rings. The number of ether oxygens (including phenoxy) is 1. The summed E-state index contributed by atoms with van der Waals surface area (Å²) in [5.74, 6) is 1.01. The smallest absolute Gasteiger partial charge is 0.128 e. The van der Waals surface area contributed by atoms with E-state index in [2.05, 4.69) is 80.3 Å². The van der Waals surface area contributed by atoms with Crippen molar-refractivity contribution in [1.82, 2.24) is 9.88 Å². The molecule has 5 heterocycles. The molecule has 0 aliphatic carbocycles. The van der Waals surface area contributed by atoms with E-state index in [1.54, 1.807) is 0 Å². The number of aromatic nitrogens is 1. The van der Waals surface area contributed by atoms with Gasteiger partial charge in [-0.05, 0) is 62.4 Å². The summed E-state index contributed by atoms with van der Waals surface area (Å²) in [4.78, 5) is 19.1. The Morgan fingerprint density at radius 3 is 2.24 bits per heavy atom. The molecule has 6 rings (SSSR count). The molecule has 3 saturated heterocycles. The van der Waals surface area contributed by atoms with Crippen molar-refractivity contribution >= 4 is 22.9 Å². The van der Waals surface area contributed by atoms with E-state index in [1.807, 2.05) is 6.20 Å². The highest BCUT2D eigenvalue weighted by molar-refractivity contribution is 6.09. The summed E-state index contributed by atoms with van der Waals surface area (Å²) in [5, 5.41) is 0. The van der Waals surface area contributed by atoms with Gasteiger partial charge in [0, 0.05) is 67.6 Å². The lowest BCUT2D eigenvalue weighted by Crippen LogP contribution is -2.52. The summed E-state index contributed by atoms with van der Waals surface area (Å²) in [6, 6.07) is 14.6. The van der Waals surface area contributed by atoms with Crippen LogP contribution in [0.2, 0.25) is 0 Å². The summed E-state index contributed by atoms with van der Waals surface area (Å²) in [5.41, 5.74) is 4.55. The van der Waals surface area contributed by atoms with Gasteiger partial charge in [0.25, 0.3) is 0 Å². The molecule has 0 saturated carbocycles. The second-order valence-corrected chi connectivity index (χ2v) is 9.45. The molecule has 7 heteroatoms. The van der Waals surface area contributed by atoms with Gasteiger partial charge < -0.3 is 19.4 Å². The normalized spacial score (nSPS) is 25.5. The Morgan fingerprint density at radius 2 is 1.61 bits per heavy atom. The molecular formula is C26H32N6O. The van der Waals surface area contributed by atoms with E-state index in [1.165, 1.54) is 24.2 Å². The van der Waals surface area contributed by atoms with Crippen LogP contribution < -0.4 is 14.7 Å². The number of rotatable bonds is 4. The van der Waals surface area contributed by atoms with Gasteiger partial charge in [-0.3, -0.25) is 9.89 Å². The molecule has 3 fully saturated rings. The zero-order chi connectivity index (χ0) is 22.2. The Bertz CT molecular complexity index is 1010.